The van der Waals surface area contributed by atoms with Crippen LogP contribution in [0.1, 0.15) is 13.3 Å². The third-order valence-corrected chi connectivity index (χ3v) is 3.39. The van der Waals surface area contributed by atoms with Crippen molar-refractivity contribution >= 4 is 10.1 Å². The van der Waals surface area contributed by atoms with Crippen LogP contribution in [-0.4, -0.2) is 36.6 Å². The third kappa shape index (κ3) is 1.90. The molecule has 0 aliphatic rings. The standard InChI is InChI=1S/C5H13NO4S/c1-3-5(4-7,6-2)11(8,9)10/h6-7H,3-4H2,1-2H3,(H,8,9,10). The van der Waals surface area contributed by atoms with Crippen molar-refractivity contribution in [1.82, 2.24) is 5.32 Å². The average Bonchev–Trinajstić information content (AvgIpc) is 1.90. The predicted molar refractivity (Wildman–Crippen MR) is 40.7 cm³/mol. The maximum Gasteiger partial charge on any atom is 0.286 e. The first-order chi connectivity index (χ1) is 4.93. The monoisotopic (exact) mass is 183 g/mol. The van der Waals surface area contributed by atoms with Gasteiger partial charge in [-0.05, 0) is 13.5 Å². The number of aliphatic hydroxyl groups excluding tert-OH is 1. The van der Waals surface area contributed by atoms with Crippen LogP contribution < -0.4 is 5.32 Å². The molecule has 0 saturated heterocycles. The van der Waals surface area contributed by atoms with E-state index in [4.69, 9.17) is 9.66 Å². The molecule has 0 aliphatic heterocycles. The van der Waals surface area contributed by atoms with Crippen molar-refractivity contribution in [3.05, 3.63) is 0 Å². The van der Waals surface area contributed by atoms with Crippen molar-refractivity contribution in [1.29, 1.82) is 0 Å². The van der Waals surface area contributed by atoms with Crippen LogP contribution in [0.3, 0.4) is 0 Å². The lowest BCUT2D eigenvalue weighted by atomic mass is 10.2. The van der Waals surface area contributed by atoms with E-state index in [2.05, 4.69) is 5.32 Å². The molecule has 3 N–H and O–H groups in total. The second kappa shape index (κ2) is 3.48. The number of hydrogen-bond acceptors (Lipinski definition) is 4. The van der Waals surface area contributed by atoms with Crippen LogP contribution >= 0.6 is 0 Å². The molecule has 11 heavy (non-hydrogen) atoms. The Bertz CT molecular complexity index is 198. The summed E-state index contributed by atoms with van der Waals surface area (Å²) in [6.07, 6.45) is 0.110. The molecule has 1 atom stereocenters. The van der Waals surface area contributed by atoms with Crippen LogP contribution in [0, 0.1) is 0 Å². The zero-order chi connectivity index (χ0) is 9.12. The fourth-order valence-electron chi connectivity index (χ4n) is 0.761. The molecule has 0 rings (SSSR count). The number of aliphatic hydroxyl groups is 1. The van der Waals surface area contributed by atoms with Gasteiger partial charge in [0.2, 0.25) is 0 Å². The van der Waals surface area contributed by atoms with Crippen LogP contribution in [0.15, 0.2) is 0 Å². The zero-order valence-corrected chi connectivity index (χ0v) is 7.35. The van der Waals surface area contributed by atoms with E-state index in [0.717, 1.165) is 0 Å². The SMILES string of the molecule is CCC(CO)(NC)S(=O)(=O)O. The maximum atomic E-state index is 10.7. The summed E-state index contributed by atoms with van der Waals surface area (Å²) < 4.78 is 30.0. The maximum absolute atomic E-state index is 10.7. The van der Waals surface area contributed by atoms with Crippen LogP contribution in [0.4, 0.5) is 0 Å². The Labute approximate surface area is 66.2 Å². The fraction of sp³-hybridized carbons (Fsp3) is 1.00. The normalized spacial score (nSPS) is 17.8. The van der Waals surface area contributed by atoms with Crippen LogP contribution in [-0.2, 0) is 10.1 Å². The second-order valence-electron chi connectivity index (χ2n) is 2.23. The largest absolute Gasteiger partial charge is 0.393 e. The average molecular weight is 183 g/mol. The molecule has 0 aromatic rings. The van der Waals surface area contributed by atoms with Crippen LogP contribution in [0.5, 0.6) is 0 Å². The minimum Gasteiger partial charge on any atom is -0.393 e. The van der Waals surface area contributed by atoms with Crippen molar-refractivity contribution in [2.45, 2.75) is 18.2 Å². The lowest BCUT2D eigenvalue weighted by molar-refractivity contribution is 0.209. The minimum absolute atomic E-state index is 0.110. The summed E-state index contributed by atoms with van der Waals surface area (Å²) in [6, 6.07) is 0. The molecule has 0 saturated carbocycles. The molecule has 0 amide bonds. The van der Waals surface area contributed by atoms with Crippen molar-refractivity contribution in [3.8, 4) is 0 Å². The van der Waals surface area contributed by atoms with Gasteiger partial charge in [-0.3, -0.25) is 9.87 Å². The third-order valence-electron chi connectivity index (χ3n) is 1.78. The van der Waals surface area contributed by atoms with E-state index in [1.807, 2.05) is 0 Å². The summed E-state index contributed by atoms with van der Waals surface area (Å²) in [6.45, 7) is 0.916. The molecule has 0 radical (unpaired) electrons. The van der Waals surface area contributed by atoms with E-state index in [9.17, 15) is 8.42 Å². The van der Waals surface area contributed by atoms with Crippen molar-refractivity contribution < 1.29 is 18.1 Å². The van der Waals surface area contributed by atoms with Gasteiger partial charge in [0.05, 0.1) is 6.61 Å². The molecule has 0 aliphatic carbocycles. The summed E-state index contributed by atoms with van der Waals surface area (Å²) in [5.74, 6) is 0. The highest BCUT2D eigenvalue weighted by molar-refractivity contribution is 7.87. The summed E-state index contributed by atoms with van der Waals surface area (Å²) in [4.78, 5) is -1.60. The number of rotatable bonds is 4. The Morgan fingerprint density at radius 1 is 1.55 bits per heavy atom. The number of likely N-dealkylation sites (N-methyl/N-ethyl adjacent to an activating group) is 1. The van der Waals surface area contributed by atoms with Gasteiger partial charge in [-0.2, -0.15) is 8.42 Å². The second-order valence-corrected chi connectivity index (χ2v) is 3.96. The van der Waals surface area contributed by atoms with E-state index >= 15 is 0 Å². The van der Waals surface area contributed by atoms with E-state index in [1.165, 1.54) is 7.05 Å². The summed E-state index contributed by atoms with van der Waals surface area (Å²) in [5, 5.41) is 11.1. The van der Waals surface area contributed by atoms with E-state index in [-0.39, 0.29) is 6.42 Å². The minimum atomic E-state index is -4.24. The van der Waals surface area contributed by atoms with Gasteiger partial charge in [-0.1, -0.05) is 6.92 Å². The van der Waals surface area contributed by atoms with Gasteiger partial charge < -0.3 is 5.11 Å². The Kier molecular flexibility index (Phi) is 3.43. The molecular formula is C5H13NO4S. The zero-order valence-electron chi connectivity index (χ0n) is 6.53. The fourth-order valence-corrected chi connectivity index (χ4v) is 1.55. The first kappa shape index (κ1) is 10.8. The molecule has 0 bridgehead atoms. The van der Waals surface area contributed by atoms with Gasteiger partial charge >= 0.3 is 0 Å². The first-order valence-corrected chi connectivity index (χ1v) is 4.64. The molecule has 0 fully saturated rings. The van der Waals surface area contributed by atoms with Gasteiger partial charge in [-0.15, -0.1) is 0 Å². The Morgan fingerprint density at radius 2 is 2.00 bits per heavy atom. The highest BCUT2D eigenvalue weighted by atomic mass is 32.2. The Hall–Kier alpha value is -0.170. The summed E-state index contributed by atoms with van der Waals surface area (Å²) in [7, 11) is -2.87. The van der Waals surface area contributed by atoms with Crippen molar-refractivity contribution in [2.75, 3.05) is 13.7 Å². The van der Waals surface area contributed by atoms with Crippen LogP contribution in [0.25, 0.3) is 0 Å². The molecule has 0 aromatic carbocycles. The molecule has 1 unspecified atom stereocenters. The van der Waals surface area contributed by atoms with E-state index in [0.29, 0.717) is 0 Å². The Balaban J connectivity index is 4.86. The smallest absolute Gasteiger partial charge is 0.286 e. The van der Waals surface area contributed by atoms with E-state index in [1.54, 1.807) is 6.92 Å². The van der Waals surface area contributed by atoms with Gasteiger partial charge in [0.15, 0.2) is 4.87 Å². The topological polar surface area (TPSA) is 86.6 Å². The summed E-state index contributed by atoms with van der Waals surface area (Å²) in [5.41, 5.74) is 0. The lowest BCUT2D eigenvalue weighted by Crippen LogP contribution is -2.52. The van der Waals surface area contributed by atoms with Crippen molar-refractivity contribution in [3.63, 3.8) is 0 Å². The summed E-state index contributed by atoms with van der Waals surface area (Å²) >= 11 is 0. The first-order valence-electron chi connectivity index (χ1n) is 3.20. The van der Waals surface area contributed by atoms with Crippen LogP contribution in [0.2, 0.25) is 0 Å². The Morgan fingerprint density at radius 3 is 2.00 bits per heavy atom. The highest BCUT2D eigenvalue weighted by Crippen LogP contribution is 2.15. The molecular weight excluding hydrogens is 170 g/mol. The molecule has 5 nitrogen and oxygen atoms in total. The van der Waals surface area contributed by atoms with E-state index < -0.39 is 21.6 Å². The predicted octanol–water partition coefficient (Wildman–Crippen LogP) is -0.808. The lowest BCUT2D eigenvalue weighted by Gasteiger charge is -2.25. The molecule has 0 aromatic heterocycles. The molecule has 68 valence electrons. The number of nitrogens with one attached hydrogen (secondary N) is 1. The van der Waals surface area contributed by atoms with Gasteiger partial charge in [-0.25, -0.2) is 0 Å². The van der Waals surface area contributed by atoms with Gasteiger partial charge in [0.25, 0.3) is 10.1 Å². The van der Waals surface area contributed by atoms with Gasteiger partial charge in [0, 0.05) is 0 Å². The molecule has 0 heterocycles. The van der Waals surface area contributed by atoms with Crippen molar-refractivity contribution in [2.24, 2.45) is 0 Å². The number of hydrogen-bond donors (Lipinski definition) is 3. The van der Waals surface area contributed by atoms with Gasteiger partial charge in [0.1, 0.15) is 0 Å². The quantitative estimate of drug-likeness (QED) is 0.496. The molecule has 6 heteroatoms. The molecule has 0 spiro atoms. The highest BCUT2D eigenvalue weighted by Gasteiger charge is 2.38.